The van der Waals surface area contributed by atoms with Crippen LogP contribution in [0.1, 0.15) is 5.56 Å². The highest BCUT2D eigenvalue weighted by Crippen LogP contribution is 2.27. The minimum Gasteiger partial charge on any atom is -0.344 e. The number of aromatic nitrogens is 3. The highest BCUT2D eigenvalue weighted by atomic mass is 15.2. The number of hydrogen-bond donors (Lipinski definition) is 0. The van der Waals surface area contributed by atoms with E-state index in [0.717, 1.165) is 22.2 Å². The van der Waals surface area contributed by atoms with Gasteiger partial charge in [-0.1, -0.05) is 0 Å². The summed E-state index contributed by atoms with van der Waals surface area (Å²) in [7, 11) is 3.93. The molecule has 0 N–H and O–H groups in total. The largest absolute Gasteiger partial charge is 0.344 e. The number of benzene rings is 1. The molecule has 1 aromatic carbocycles. The lowest BCUT2D eigenvalue weighted by atomic mass is 10.1. The van der Waals surface area contributed by atoms with Crippen LogP contribution in [-0.4, -0.2) is 14.3 Å². The highest BCUT2D eigenvalue weighted by molar-refractivity contribution is 5.87. The predicted octanol–water partition coefficient (Wildman–Crippen LogP) is 2.45. The fourth-order valence-corrected chi connectivity index (χ4v) is 2.25. The molecule has 4 nitrogen and oxygen atoms in total. The second-order valence-corrected chi connectivity index (χ2v) is 4.38. The Labute approximate surface area is 105 Å². The van der Waals surface area contributed by atoms with E-state index < -0.39 is 0 Å². The lowest BCUT2D eigenvalue weighted by Gasteiger charge is -2.01. The molecule has 0 unspecified atom stereocenters. The van der Waals surface area contributed by atoms with Gasteiger partial charge in [0.2, 0.25) is 0 Å². The number of fused-ring (bicyclic) bond motifs is 1. The van der Waals surface area contributed by atoms with Crippen molar-refractivity contribution in [1.82, 2.24) is 14.3 Å². The molecule has 4 heteroatoms. The smallest absolute Gasteiger partial charge is 0.0991 e. The first-order chi connectivity index (χ1) is 8.69. The van der Waals surface area contributed by atoms with Gasteiger partial charge in [0.05, 0.1) is 23.5 Å². The van der Waals surface area contributed by atoms with Crippen molar-refractivity contribution >= 4 is 10.9 Å². The molecule has 3 rings (SSSR count). The Morgan fingerprint density at radius 3 is 2.72 bits per heavy atom. The third-order valence-electron chi connectivity index (χ3n) is 3.17. The van der Waals surface area contributed by atoms with Crippen LogP contribution in [0.4, 0.5) is 0 Å². The molecule has 0 aliphatic heterocycles. The average molecular weight is 236 g/mol. The van der Waals surface area contributed by atoms with E-state index in [-0.39, 0.29) is 0 Å². The van der Waals surface area contributed by atoms with E-state index in [0.29, 0.717) is 5.56 Å². The van der Waals surface area contributed by atoms with Crippen LogP contribution in [0, 0.1) is 11.3 Å². The summed E-state index contributed by atoms with van der Waals surface area (Å²) in [6.07, 6.45) is 3.83. The van der Waals surface area contributed by atoms with Crippen molar-refractivity contribution in [2.75, 3.05) is 0 Å². The van der Waals surface area contributed by atoms with Crippen molar-refractivity contribution in [3.8, 4) is 17.3 Å². The zero-order valence-corrected chi connectivity index (χ0v) is 10.3. The maximum Gasteiger partial charge on any atom is 0.0991 e. The van der Waals surface area contributed by atoms with Crippen LogP contribution in [0.3, 0.4) is 0 Å². The van der Waals surface area contributed by atoms with Crippen molar-refractivity contribution in [1.29, 1.82) is 5.26 Å². The standard InChI is InChI=1S/C14H12N4/c1-17-9-12(8-16-17)14-6-11-5-10(7-15)3-4-13(11)18(14)2/h3-6,8-9H,1-2H3. The Morgan fingerprint density at radius 2 is 2.06 bits per heavy atom. The van der Waals surface area contributed by atoms with E-state index in [9.17, 15) is 0 Å². The van der Waals surface area contributed by atoms with E-state index in [1.165, 1.54) is 0 Å². The number of aryl methyl sites for hydroxylation is 2. The molecule has 0 atom stereocenters. The summed E-state index contributed by atoms with van der Waals surface area (Å²) >= 11 is 0. The Hall–Kier alpha value is -2.54. The van der Waals surface area contributed by atoms with Gasteiger partial charge in [0.25, 0.3) is 0 Å². The van der Waals surface area contributed by atoms with Gasteiger partial charge in [-0.3, -0.25) is 4.68 Å². The van der Waals surface area contributed by atoms with Crippen LogP contribution in [0.15, 0.2) is 36.7 Å². The van der Waals surface area contributed by atoms with Gasteiger partial charge in [-0.2, -0.15) is 10.4 Å². The summed E-state index contributed by atoms with van der Waals surface area (Å²) in [4.78, 5) is 0. The topological polar surface area (TPSA) is 46.5 Å². The van der Waals surface area contributed by atoms with E-state index in [1.807, 2.05) is 44.7 Å². The Bertz CT molecular complexity index is 771. The summed E-state index contributed by atoms with van der Waals surface area (Å²) in [6.45, 7) is 0. The molecule has 18 heavy (non-hydrogen) atoms. The predicted molar refractivity (Wildman–Crippen MR) is 69.8 cm³/mol. The summed E-state index contributed by atoms with van der Waals surface area (Å²) in [5, 5.41) is 14.2. The van der Waals surface area contributed by atoms with Crippen LogP contribution in [0.25, 0.3) is 22.2 Å². The van der Waals surface area contributed by atoms with Crippen LogP contribution >= 0.6 is 0 Å². The second-order valence-electron chi connectivity index (χ2n) is 4.38. The molecule has 2 heterocycles. The normalized spacial score (nSPS) is 10.7. The van der Waals surface area contributed by atoms with E-state index in [1.54, 1.807) is 4.68 Å². The van der Waals surface area contributed by atoms with Crippen LogP contribution in [-0.2, 0) is 14.1 Å². The SMILES string of the molecule is Cn1cc(-c2cc3cc(C#N)ccc3n2C)cn1. The molecule has 0 aliphatic rings. The minimum absolute atomic E-state index is 0.686. The van der Waals surface area contributed by atoms with Crippen molar-refractivity contribution in [3.05, 3.63) is 42.2 Å². The first-order valence-electron chi connectivity index (χ1n) is 5.67. The van der Waals surface area contributed by atoms with Crippen molar-refractivity contribution in [2.24, 2.45) is 14.1 Å². The van der Waals surface area contributed by atoms with Gasteiger partial charge in [0.1, 0.15) is 0 Å². The first kappa shape index (κ1) is 10.6. The minimum atomic E-state index is 0.686. The first-order valence-corrected chi connectivity index (χ1v) is 5.67. The molecule has 88 valence electrons. The van der Waals surface area contributed by atoms with Crippen molar-refractivity contribution < 1.29 is 0 Å². The quantitative estimate of drug-likeness (QED) is 0.651. The lowest BCUT2D eigenvalue weighted by molar-refractivity contribution is 0.768. The summed E-state index contributed by atoms with van der Waals surface area (Å²) in [5.74, 6) is 0. The monoisotopic (exact) mass is 236 g/mol. The zero-order valence-electron chi connectivity index (χ0n) is 10.3. The molecule has 0 spiro atoms. The Morgan fingerprint density at radius 1 is 1.22 bits per heavy atom. The van der Waals surface area contributed by atoms with Gasteiger partial charge in [-0.15, -0.1) is 0 Å². The third-order valence-corrected chi connectivity index (χ3v) is 3.17. The fourth-order valence-electron chi connectivity index (χ4n) is 2.25. The molecule has 0 fully saturated rings. The number of nitriles is 1. The maximum atomic E-state index is 8.92. The van der Waals surface area contributed by atoms with Crippen LogP contribution in [0.5, 0.6) is 0 Å². The van der Waals surface area contributed by atoms with Gasteiger partial charge in [-0.25, -0.2) is 0 Å². The zero-order chi connectivity index (χ0) is 12.7. The number of hydrogen-bond acceptors (Lipinski definition) is 2. The maximum absolute atomic E-state index is 8.92. The lowest BCUT2D eigenvalue weighted by Crippen LogP contribution is -1.90. The molecule has 2 aromatic heterocycles. The van der Waals surface area contributed by atoms with Gasteiger partial charge in [0, 0.05) is 36.8 Å². The second kappa shape index (κ2) is 3.74. The van der Waals surface area contributed by atoms with Crippen molar-refractivity contribution in [2.45, 2.75) is 0 Å². The molecular weight excluding hydrogens is 224 g/mol. The van der Waals surface area contributed by atoms with E-state index >= 15 is 0 Å². The molecule has 0 amide bonds. The van der Waals surface area contributed by atoms with Gasteiger partial charge in [-0.05, 0) is 24.3 Å². The summed E-state index contributed by atoms with van der Waals surface area (Å²) in [5.41, 5.74) is 3.99. The van der Waals surface area contributed by atoms with Gasteiger partial charge >= 0.3 is 0 Å². The molecule has 0 saturated carbocycles. The number of nitrogens with zero attached hydrogens (tertiary/aromatic N) is 4. The van der Waals surface area contributed by atoms with E-state index in [4.69, 9.17) is 5.26 Å². The number of rotatable bonds is 1. The molecule has 0 saturated heterocycles. The van der Waals surface area contributed by atoms with Gasteiger partial charge < -0.3 is 4.57 Å². The average Bonchev–Trinajstić information content (AvgIpc) is 2.93. The van der Waals surface area contributed by atoms with Crippen molar-refractivity contribution in [3.63, 3.8) is 0 Å². The Kier molecular flexibility index (Phi) is 2.20. The molecule has 0 bridgehead atoms. The summed E-state index contributed by atoms with van der Waals surface area (Å²) in [6, 6.07) is 9.99. The molecule has 0 radical (unpaired) electrons. The van der Waals surface area contributed by atoms with Gasteiger partial charge in [0.15, 0.2) is 0 Å². The third kappa shape index (κ3) is 1.49. The van der Waals surface area contributed by atoms with E-state index in [2.05, 4.69) is 21.8 Å². The molecular formula is C14H12N4. The fraction of sp³-hybridized carbons (Fsp3) is 0.143. The highest BCUT2D eigenvalue weighted by Gasteiger charge is 2.09. The Balaban J connectivity index is 2.26. The van der Waals surface area contributed by atoms with Crippen LogP contribution in [0.2, 0.25) is 0 Å². The molecule has 3 aromatic rings. The summed E-state index contributed by atoms with van der Waals surface area (Å²) < 4.78 is 3.90. The molecule has 0 aliphatic carbocycles. The van der Waals surface area contributed by atoms with Crippen LogP contribution < -0.4 is 0 Å².